The van der Waals surface area contributed by atoms with E-state index in [-0.39, 0.29) is 5.66 Å². The minimum atomic E-state index is -0.681. The Morgan fingerprint density at radius 2 is 2.00 bits per heavy atom. The van der Waals surface area contributed by atoms with Gasteiger partial charge in [-0.25, -0.2) is 0 Å². The molecule has 0 amide bonds. The predicted molar refractivity (Wildman–Crippen MR) is 62.7 cm³/mol. The third kappa shape index (κ3) is 2.41. The summed E-state index contributed by atoms with van der Waals surface area (Å²) in [7, 11) is 0. The highest BCUT2D eigenvalue weighted by atomic mass is 32.9. The lowest BCUT2D eigenvalue weighted by atomic mass is 10.1. The third-order valence-corrected chi connectivity index (χ3v) is 4.01. The van der Waals surface area contributed by atoms with Crippen molar-refractivity contribution in [2.24, 2.45) is 0 Å². The largest absolute Gasteiger partial charge is 0.254 e. The van der Waals surface area contributed by atoms with E-state index < -0.39 is 5.90 Å². The fourth-order valence-electron chi connectivity index (χ4n) is 1.00. The molecule has 62 valence electrons. The molecule has 3 heteroatoms. The minimum absolute atomic E-state index is 0.236. The van der Waals surface area contributed by atoms with Gasteiger partial charge in [-0.3, -0.25) is 0 Å². The van der Waals surface area contributed by atoms with Crippen LogP contribution in [0.5, 0.6) is 0 Å². The molecule has 0 aromatic heterocycles. The second-order valence-corrected chi connectivity index (χ2v) is 6.84. The molecule has 2 unspecified atom stereocenters. The summed E-state index contributed by atoms with van der Waals surface area (Å²) in [5.41, 5.74) is 1.45. The lowest BCUT2D eigenvalue weighted by Crippen LogP contribution is -1.85. The lowest BCUT2D eigenvalue weighted by molar-refractivity contribution is 1.24. The molecule has 0 aliphatic rings. The van der Waals surface area contributed by atoms with Crippen molar-refractivity contribution < 1.29 is 0 Å². The molecule has 2 atom stereocenters. The van der Waals surface area contributed by atoms with Gasteiger partial charge < -0.3 is 0 Å². The van der Waals surface area contributed by atoms with Crippen LogP contribution in [0.2, 0.25) is 0 Å². The van der Waals surface area contributed by atoms with Crippen molar-refractivity contribution in [3.63, 3.8) is 0 Å². The maximum absolute atomic E-state index is 5.14. The molecule has 0 heterocycles. The van der Waals surface area contributed by atoms with Gasteiger partial charge >= 0.3 is 0 Å². The van der Waals surface area contributed by atoms with Crippen LogP contribution in [-0.2, 0) is 11.8 Å². The zero-order chi connectivity index (χ0) is 8.97. The number of allylic oxidation sites excluding steroid dienone is 1. The molecule has 0 nitrogen and oxygen atoms in total. The number of thiol groups is 1. The normalized spacial score (nSPS) is 13.6. The minimum Gasteiger partial charge on any atom is -0.0983 e. The number of hydrogen-bond donors (Lipinski definition) is 1. The molecule has 0 fully saturated rings. The Hall–Kier alpha value is -0.170. The highest BCUT2D eigenvalue weighted by molar-refractivity contribution is 8.56. The van der Waals surface area contributed by atoms with Gasteiger partial charge in [0, 0.05) is 5.56 Å². The summed E-state index contributed by atoms with van der Waals surface area (Å²) < 4.78 is 0. The van der Waals surface area contributed by atoms with E-state index in [1.807, 2.05) is 24.3 Å². The summed E-state index contributed by atoms with van der Waals surface area (Å²) >= 11 is 9.43. The fraction of sp³-hybridized carbons (Fsp3) is 0.111. The smallest absolute Gasteiger partial charge is 0.0983 e. The fourth-order valence-corrected chi connectivity index (χ4v) is 2.92. The third-order valence-electron chi connectivity index (χ3n) is 1.60. The highest BCUT2D eigenvalue weighted by Crippen LogP contribution is 2.45. The maximum atomic E-state index is 5.14. The van der Waals surface area contributed by atoms with Crippen LogP contribution < -0.4 is 0 Å². The van der Waals surface area contributed by atoms with E-state index in [0.717, 1.165) is 0 Å². The summed E-state index contributed by atoms with van der Waals surface area (Å²) in [5, 5.41) is 0. The Kier molecular flexibility index (Phi) is 3.93. The van der Waals surface area contributed by atoms with Gasteiger partial charge in [-0.1, -0.05) is 36.9 Å². The van der Waals surface area contributed by atoms with Gasteiger partial charge in [0.2, 0.25) is 0 Å². The maximum Gasteiger partial charge on any atom is 0.254 e. The molecule has 1 rings (SSSR count). The zero-order valence-corrected chi connectivity index (χ0v) is 9.16. The van der Waals surface area contributed by atoms with E-state index in [2.05, 4.69) is 31.0 Å². The molecule has 0 N–H and O–H groups in total. The molecule has 0 spiro atoms. The van der Waals surface area contributed by atoms with Gasteiger partial charge in [0.05, 0.1) is 12.2 Å². The first-order valence-corrected chi connectivity index (χ1v) is 7.16. The van der Waals surface area contributed by atoms with Crippen molar-refractivity contribution in [2.75, 3.05) is 0 Å². The second kappa shape index (κ2) is 4.76. The van der Waals surface area contributed by atoms with Crippen molar-refractivity contribution in [2.45, 2.75) is 5.66 Å². The molecular formula is C9H10PS2+. The molecular weight excluding hydrogens is 203 g/mol. The average molecular weight is 213 g/mol. The van der Waals surface area contributed by atoms with E-state index in [1.165, 1.54) is 5.56 Å². The molecule has 0 bridgehead atoms. The first kappa shape index (κ1) is 9.91. The first-order chi connectivity index (χ1) is 5.75. The monoisotopic (exact) mass is 213 g/mol. The number of rotatable bonds is 3. The summed E-state index contributed by atoms with van der Waals surface area (Å²) in [6.45, 7) is 3.76. The second-order valence-electron chi connectivity index (χ2n) is 2.39. The van der Waals surface area contributed by atoms with Gasteiger partial charge in [-0.2, -0.15) is 0 Å². The summed E-state index contributed by atoms with van der Waals surface area (Å²) in [4.78, 5) is 0. The molecule has 1 aromatic carbocycles. The molecule has 0 saturated heterocycles. The predicted octanol–water partition coefficient (Wildman–Crippen LogP) is 3.70. The van der Waals surface area contributed by atoms with Crippen molar-refractivity contribution >= 4 is 30.0 Å². The van der Waals surface area contributed by atoms with Crippen molar-refractivity contribution in [3.05, 3.63) is 48.6 Å². The SMILES string of the molecule is C=CC(c1ccccc1)[P+](=S)S. The van der Waals surface area contributed by atoms with E-state index in [4.69, 9.17) is 11.8 Å². The molecule has 0 aliphatic heterocycles. The van der Waals surface area contributed by atoms with Gasteiger partial charge in [0.1, 0.15) is 0 Å². The Bertz CT molecular complexity index is 282. The van der Waals surface area contributed by atoms with Crippen LogP contribution in [-0.4, -0.2) is 0 Å². The summed E-state index contributed by atoms with van der Waals surface area (Å²) in [5.74, 6) is -0.681. The Morgan fingerprint density at radius 1 is 1.42 bits per heavy atom. The molecule has 12 heavy (non-hydrogen) atoms. The van der Waals surface area contributed by atoms with E-state index in [9.17, 15) is 0 Å². The van der Waals surface area contributed by atoms with Gasteiger partial charge in [0.15, 0.2) is 17.5 Å². The van der Waals surface area contributed by atoms with Crippen molar-refractivity contribution in [3.8, 4) is 0 Å². The van der Waals surface area contributed by atoms with Gasteiger partial charge in [-0.05, 0) is 6.08 Å². The Morgan fingerprint density at radius 3 is 2.42 bits per heavy atom. The van der Waals surface area contributed by atoms with Gasteiger partial charge in [-0.15, -0.1) is 0 Å². The van der Waals surface area contributed by atoms with Crippen molar-refractivity contribution in [1.82, 2.24) is 0 Å². The van der Waals surface area contributed by atoms with Crippen LogP contribution in [0.25, 0.3) is 0 Å². The number of benzene rings is 1. The van der Waals surface area contributed by atoms with Crippen LogP contribution in [0.4, 0.5) is 0 Å². The molecule has 1 aromatic rings. The summed E-state index contributed by atoms with van der Waals surface area (Å²) in [6, 6.07) is 10.1. The van der Waals surface area contributed by atoms with E-state index in [0.29, 0.717) is 0 Å². The van der Waals surface area contributed by atoms with Crippen LogP contribution in [0, 0.1) is 0 Å². The first-order valence-electron chi connectivity index (χ1n) is 3.58. The molecule has 0 aliphatic carbocycles. The highest BCUT2D eigenvalue weighted by Gasteiger charge is 2.19. The number of hydrogen-bond acceptors (Lipinski definition) is 1. The van der Waals surface area contributed by atoms with E-state index >= 15 is 0 Å². The van der Waals surface area contributed by atoms with Crippen LogP contribution in [0.1, 0.15) is 11.2 Å². The zero-order valence-electron chi connectivity index (χ0n) is 6.55. The standard InChI is InChI=1S/C9H9PS2/c1-2-9(10(11)12)8-6-4-3-5-7-8/h2-7,9H,1H2/p+1. The quantitative estimate of drug-likeness (QED) is 0.454. The van der Waals surface area contributed by atoms with Crippen LogP contribution >= 0.6 is 18.1 Å². The average Bonchev–Trinajstić information content (AvgIpc) is 2.07. The van der Waals surface area contributed by atoms with Crippen LogP contribution in [0.3, 0.4) is 0 Å². The van der Waals surface area contributed by atoms with Crippen molar-refractivity contribution in [1.29, 1.82) is 0 Å². The molecule has 0 radical (unpaired) electrons. The summed E-state index contributed by atoms with van der Waals surface area (Å²) in [6.07, 6.45) is 1.88. The Labute approximate surface area is 84.3 Å². The van der Waals surface area contributed by atoms with E-state index in [1.54, 1.807) is 0 Å². The Balaban J connectivity index is 2.95. The topological polar surface area (TPSA) is 0 Å². The van der Waals surface area contributed by atoms with Gasteiger partial charge in [0.25, 0.3) is 5.90 Å². The lowest BCUT2D eigenvalue weighted by Gasteiger charge is -2.00. The molecule has 0 saturated carbocycles. The van der Waals surface area contributed by atoms with Crippen LogP contribution in [0.15, 0.2) is 43.0 Å².